The number of rotatable bonds is 7. The lowest BCUT2D eigenvalue weighted by Gasteiger charge is -2.36. The molecule has 1 aliphatic heterocycles. The quantitative estimate of drug-likeness (QED) is 0.433. The highest BCUT2D eigenvalue weighted by Crippen LogP contribution is 2.18. The first kappa shape index (κ1) is 21.2. The summed E-state index contributed by atoms with van der Waals surface area (Å²) >= 11 is 0. The number of ether oxygens (including phenoxy) is 1. The Labute approximate surface area is 176 Å². The second kappa shape index (κ2) is 10.3. The maximum absolute atomic E-state index is 13.1. The fourth-order valence-corrected chi connectivity index (χ4v) is 3.42. The number of nitrogens with one attached hydrogen (secondary N) is 1. The molecule has 0 radical (unpaired) electrons. The van der Waals surface area contributed by atoms with E-state index in [4.69, 9.17) is 4.74 Å². The molecule has 0 atom stereocenters. The Morgan fingerprint density at radius 3 is 2.53 bits per heavy atom. The predicted molar refractivity (Wildman–Crippen MR) is 114 cm³/mol. The summed E-state index contributed by atoms with van der Waals surface area (Å²) in [5, 5.41) is 12.5. The van der Waals surface area contributed by atoms with Gasteiger partial charge >= 0.3 is 0 Å². The van der Waals surface area contributed by atoms with Gasteiger partial charge in [0.15, 0.2) is 0 Å². The van der Waals surface area contributed by atoms with Crippen molar-refractivity contribution in [2.24, 2.45) is 0 Å². The van der Waals surface area contributed by atoms with Crippen molar-refractivity contribution in [3.63, 3.8) is 0 Å². The molecule has 1 heterocycles. The Balaban J connectivity index is 1.51. The van der Waals surface area contributed by atoms with E-state index in [0.29, 0.717) is 39.1 Å². The fourth-order valence-electron chi connectivity index (χ4n) is 3.42. The number of para-hydroxylation sites is 1. The van der Waals surface area contributed by atoms with E-state index in [1.165, 1.54) is 18.3 Å². The largest absolute Gasteiger partial charge is 0.496 e. The minimum Gasteiger partial charge on any atom is -0.496 e. The van der Waals surface area contributed by atoms with E-state index in [-0.39, 0.29) is 17.3 Å². The summed E-state index contributed by atoms with van der Waals surface area (Å²) in [6.45, 7) is 2.87. The molecule has 30 heavy (non-hydrogen) atoms. The molecule has 1 fully saturated rings. The maximum Gasteiger partial charge on any atom is 0.266 e. The lowest BCUT2D eigenvalue weighted by atomic mass is 10.1. The number of nitrogens with zero attached hydrogens (tertiary/aromatic N) is 3. The molecule has 7 heteroatoms. The molecule has 0 spiro atoms. The number of carbonyl (C=O) groups excluding carboxylic acids is 1. The Morgan fingerprint density at radius 1 is 1.17 bits per heavy atom. The molecule has 0 unspecified atom stereocenters. The second-order valence-corrected chi connectivity index (χ2v) is 6.94. The summed E-state index contributed by atoms with van der Waals surface area (Å²) in [5.41, 5.74) is 2.07. The third-order valence-electron chi connectivity index (χ3n) is 5.09. The number of carbonyl (C=O) groups is 1. The SMILES string of the molecule is COc1ccccc1CCN/C=C(/C#N)C(=O)N1CCN(c2ccc(F)cc2)CC1. The van der Waals surface area contributed by atoms with E-state index in [0.717, 1.165) is 17.0 Å². The topological polar surface area (TPSA) is 68.6 Å². The third-order valence-corrected chi connectivity index (χ3v) is 5.09. The van der Waals surface area contributed by atoms with Crippen LogP contribution < -0.4 is 15.0 Å². The lowest BCUT2D eigenvalue weighted by Crippen LogP contribution is -2.49. The summed E-state index contributed by atoms with van der Waals surface area (Å²) in [7, 11) is 1.63. The van der Waals surface area contributed by atoms with Crippen molar-refractivity contribution in [1.82, 2.24) is 10.2 Å². The number of methoxy groups -OCH3 is 1. The molecule has 1 aliphatic rings. The number of amides is 1. The first-order valence-electron chi connectivity index (χ1n) is 9.87. The maximum atomic E-state index is 13.1. The standard InChI is InChI=1S/C23H25FN4O2/c1-30-22-5-3-2-4-18(22)10-11-26-17-19(16-25)23(29)28-14-12-27(13-15-28)21-8-6-20(24)7-9-21/h2-9,17,26H,10-15H2,1H3/b19-17-. The van der Waals surface area contributed by atoms with Crippen LogP contribution in [0.1, 0.15) is 5.56 Å². The summed E-state index contributed by atoms with van der Waals surface area (Å²) in [4.78, 5) is 16.5. The molecule has 0 aromatic heterocycles. The average molecular weight is 408 g/mol. The van der Waals surface area contributed by atoms with Crippen LogP contribution in [0.15, 0.2) is 60.3 Å². The van der Waals surface area contributed by atoms with Crippen LogP contribution in [-0.4, -0.2) is 50.6 Å². The molecule has 156 valence electrons. The summed E-state index contributed by atoms with van der Waals surface area (Å²) < 4.78 is 18.4. The molecule has 1 saturated heterocycles. The number of nitriles is 1. The van der Waals surface area contributed by atoms with Gasteiger partial charge in [0.05, 0.1) is 7.11 Å². The Kier molecular flexibility index (Phi) is 7.28. The van der Waals surface area contributed by atoms with Crippen LogP contribution >= 0.6 is 0 Å². The van der Waals surface area contributed by atoms with Gasteiger partial charge < -0.3 is 19.9 Å². The van der Waals surface area contributed by atoms with Gasteiger partial charge in [-0.05, 0) is 42.3 Å². The van der Waals surface area contributed by atoms with Crippen LogP contribution in [0.25, 0.3) is 0 Å². The Morgan fingerprint density at radius 2 is 1.87 bits per heavy atom. The van der Waals surface area contributed by atoms with Crippen LogP contribution in [-0.2, 0) is 11.2 Å². The van der Waals surface area contributed by atoms with Crippen LogP contribution in [0.3, 0.4) is 0 Å². The van der Waals surface area contributed by atoms with Crippen molar-refractivity contribution in [1.29, 1.82) is 5.26 Å². The van der Waals surface area contributed by atoms with Gasteiger partial charge in [0.2, 0.25) is 0 Å². The second-order valence-electron chi connectivity index (χ2n) is 6.94. The van der Waals surface area contributed by atoms with Gasteiger partial charge in [-0.15, -0.1) is 0 Å². The predicted octanol–water partition coefficient (Wildman–Crippen LogP) is 2.72. The van der Waals surface area contributed by atoms with E-state index in [2.05, 4.69) is 10.2 Å². The van der Waals surface area contributed by atoms with E-state index in [1.807, 2.05) is 30.3 Å². The molecular formula is C23H25FN4O2. The average Bonchev–Trinajstić information content (AvgIpc) is 2.79. The normalized spacial score (nSPS) is 14.2. The minimum absolute atomic E-state index is 0.0882. The van der Waals surface area contributed by atoms with Crippen LogP contribution in [0.2, 0.25) is 0 Å². The molecule has 2 aromatic rings. The van der Waals surface area contributed by atoms with Crippen molar-refractivity contribution in [3.8, 4) is 11.8 Å². The van der Waals surface area contributed by atoms with Gasteiger partial charge in [-0.3, -0.25) is 4.79 Å². The highest BCUT2D eigenvalue weighted by molar-refractivity contribution is 5.97. The zero-order valence-electron chi connectivity index (χ0n) is 17.0. The number of hydrogen-bond acceptors (Lipinski definition) is 5. The molecular weight excluding hydrogens is 383 g/mol. The van der Waals surface area contributed by atoms with Crippen LogP contribution in [0.4, 0.5) is 10.1 Å². The lowest BCUT2D eigenvalue weighted by molar-refractivity contribution is -0.127. The molecule has 1 amide bonds. The van der Waals surface area contributed by atoms with Crippen LogP contribution in [0.5, 0.6) is 5.75 Å². The van der Waals surface area contributed by atoms with Crippen molar-refractivity contribution >= 4 is 11.6 Å². The molecule has 3 rings (SSSR count). The smallest absolute Gasteiger partial charge is 0.266 e. The van der Waals surface area contributed by atoms with Gasteiger partial charge in [0, 0.05) is 44.6 Å². The van der Waals surface area contributed by atoms with E-state index in [1.54, 1.807) is 24.1 Å². The number of piperazine rings is 1. The van der Waals surface area contributed by atoms with Gasteiger partial charge in [-0.2, -0.15) is 5.26 Å². The fraction of sp³-hybridized carbons (Fsp3) is 0.304. The van der Waals surface area contributed by atoms with Gasteiger partial charge in [0.1, 0.15) is 23.2 Å². The van der Waals surface area contributed by atoms with Crippen molar-refractivity contribution < 1.29 is 13.9 Å². The van der Waals surface area contributed by atoms with Crippen LogP contribution in [0, 0.1) is 17.1 Å². The molecule has 2 aromatic carbocycles. The highest BCUT2D eigenvalue weighted by atomic mass is 19.1. The first-order valence-corrected chi connectivity index (χ1v) is 9.87. The van der Waals surface area contributed by atoms with Crippen molar-refractivity contribution in [2.75, 3.05) is 44.7 Å². The van der Waals surface area contributed by atoms with Crippen molar-refractivity contribution in [2.45, 2.75) is 6.42 Å². The van der Waals surface area contributed by atoms with Crippen molar-refractivity contribution in [3.05, 3.63) is 71.7 Å². The summed E-state index contributed by atoms with van der Waals surface area (Å²) in [6, 6.07) is 16.1. The highest BCUT2D eigenvalue weighted by Gasteiger charge is 2.23. The monoisotopic (exact) mass is 408 g/mol. The molecule has 6 nitrogen and oxygen atoms in total. The molecule has 1 N–H and O–H groups in total. The number of anilines is 1. The first-order chi connectivity index (χ1) is 14.6. The minimum atomic E-state index is -0.277. The van der Waals surface area contributed by atoms with E-state index >= 15 is 0 Å². The number of benzene rings is 2. The van der Waals surface area contributed by atoms with Gasteiger partial charge in [-0.1, -0.05) is 18.2 Å². The number of hydrogen-bond donors (Lipinski definition) is 1. The van der Waals surface area contributed by atoms with E-state index < -0.39 is 0 Å². The summed E-state index contributed by atoms with van der Waals surface area (Å²) in [5.74, 6) is 0.273. The third kappa shape index (κ3) is 5.29. The van der Waals surface area contributed by atoms with E-state index in [9.17, 15) is 14.4 Å². The zero-order valence-corrected chi connectivity index (χ0v) is 17.0. The Hall–Kier alpha value is -3.53. The van der Waals surface area contributed by atoms with Gasteiger partial charge in [0.25, 0.3) is 5.91 Å². The molecule has 0 bridgehead atoms. The molecule has 0 saturated carbocycles. The summed E-state index contributed by atoms with van der Waals surface area (Å²) in [6.07, 6.45) is 2.20. The zero-order chi connectivity index (χ0) is 21.3. The Bertz CT molecular complexity index is 929. The number of halogens is 1. The molecule has 0 aliphatic carbocycles. The van der Waals surface area contributed by atoms with Gasteiger partial charge in [-0.25, -0.2) is 4.39 Å².